The molecule has 0 saturated heterocycles. The van der Waals surface area contributed by atoms with Gasteiger partial charge in [-0.3, -0.25) is 4.79 Å². The van der Waals surface area contributed by atoms with E-state index in [2.05, 4.69) is 16.1 Å². The van der Waals surface area contributed by atoms with Gasteiger partial charge in [0.05, 0.1) is 6.61 Å². The first-order chi connectivity index (χ1) is 7.08. The minimum absolute atomic E-state index is 0.107. The topological polar surface area (TPSA) is 83.0 Å². The zero-order valence-electron chi connectivity index (χ0n) is 8.77. The predicted octanol–water partition coefficient (Wildman–Crippen LogP) is -0.135. The summed E-state index contributed by atoms with van der Waals surface area (Å²) in [6.07, 6.45) is 1.48. The molecule has 0 aromatic carbocycles. The lowest BCUT2D eigenvalue weighted by atomic mass is 10.3. The number of esters is 1. The molecule has 0 aliphatic rings. The molecule has 6 nitrogen and oxygen atoms in total. The second kappa shape index (κ2) is 6.50. The monoisotopic (exact) mass is 211 g/mol. The first-order valence-corrected chi connectivity index (χ1v) is 4.34. The van der Waals surface area contributed by atoms with E-state index in [1.165, 1.54) is 18.0 Å². The highest BCUT2D eigenvalue weighted by Gasteiger charge is 2.33. The fourth-order valence-electron chi connectivity index (χ4n) is 0.828. The van der Waals surface area contributed by atoms with Gasteiger partial charge in [0.15, 0.2) is 0 Å². The molecule has 0 aliphatic carbocycles. The molecule has 0 radical (unpaired) electrons. The van der Waals surface area contributed by atoms with Gasteiger partial charge in [-0.15, -0.1) is 6.58 Å². The molecule has 0 heterocycles. The minimum Gasteiger partial charge on any atom is -0.457 e. The van der Waals surface area contributed by atoms with E-state index in [4.69, 9.17) is 5.53 Å². The number of nitrogens with zero attached hydrogens (tertiary/aromatic N) is 3. The van der Waals surface area contributed by atoms with Crippen LogP contribution in [0.4, 0.5) is 0 Å². The van der Waals surface area contributed by atoms with E-state index < -0.39 is 17.6 Å². The van der Waals surface area contributed by atoms with Crippen LogP contribution in [0.3, 0.4) is 0 Å². The molecule has 1 amide bonds. The van der Waals surface area contributed by atoms with Gasteiger partial charge >= 0.3 is 17.6 Å². The van der Waals surface area contributed by atoms with Crippen LogP contribution in [0.5, 0.6) is 0 Å². The van der Waals surface area contributed by atoms with Gasteiger partial charge in [-0.05, 0) is 6.92 Å². The molecule has 6 heteroatoms. The average molecular weight is 211 g/mol. The zero-order chi connectivity index (χ0) is 11.8. The summed E-state index contributed by atoms with van der Waals surface area (Å²) in [5.41, 5.74) is 7.89. The van der Waals surface area contributed by atoms with Crippen LogP contribution in [0.2, 0.25) is 0 Å². The highest BCUT2D eigenvalue weighted by atomic mass is 16.5. The zero-order valence-corrected chi connectivity index (χ0v) is 8.77. The number of rotatable bonds is 5. The summed E-state index contributed by atoms with van der Waals surface area (Å²) in [7, 11) is 1.45. The van der Waals surface area contributed by atoms with Crippen molar-refractivity contribution in [2.24, 2.45) is 0 Å². The van der Waals surface area contributed by atoms with Crippen molar-refractivity contribution < 1.29 is 19.1 Å². The van der Waals surface area contributed by atoms with Gasteiger partial charge in [0.1, 0.15) is 0 Å². The number of ether oxygens (including phenoxy) is 1. The van der Waals surface area contributed by atoms with E-state index in [1.54, 1.807) is 6.92 Å². The van der Waals surface area contributed by atoms with Gasteiger partial charge in [-0.25, -0.2) is 4.79 Å². The summed E-state index contributed by atoms with van der Waals surface area (Å²) in [5, 5.41) is 0. The van der Waals surface area contributed by atoms with Crippen molar-refractivity contribution in [2.45, 2.75) is 6.92 Å². The molecule has 0 rings (SSSR count). The molecule has 0 spiro atoms. The Morgan fingerprint density at radius 3 is 2.60 bits per heavy atom. The minimum atomic E-state index is -0.944. The van der Waals surface area contributed by atoms with Crippen molar-refractivity contribution in [3.63, 3.8) is 0 Å². The Kier molecular flexibility index (Phi) is 5.66. The Balaban J connectivity index is 4.70. The Hall–Kier alpha value is -1.94. The molecular weight excluding hydrogens is 198 g/mol. The molecule has 0 unspecified atom stereocenters. The summed E-state index contributed by atoms with van der Waals surface area (Å²) in [5.74, 6) is -1.66. The van der Waals surface area contributed by atoms with Crippen molar-refractivity contribution >= 4 is 17.6 Å². The van der Waals surface area contributed by atoms with Gasteiger partial charge in [-0.1, -0.05) is 6.08 Å². The van der Waals surface area contributed by atoms with Gasteiger partial charge < -0.3 is 15.2 Å². The van der Waals surface area contributed by atoms with Crippen molar-refractivity contribution in [3.8, 4) is 0 Å². The third-order valence-electron chi connectivity index (χ3n) is 1.52. The third kappa shape index (κ3) is 3.74. The van der Waals surface area contributed by atoms with Gasteiger partial charge in [0.2, 0.25) is 0 Å². The van der Waals surface area contributed by atoms with Crippen LogP contribution in [0.15, 0.2) is 12.7 Å². The number of amides is 1. The van der Waals surface area contributed by atoms with Crippen molar-refractivity contribution in [1.29, 1.82) is 0 Å². The first kappa shape index (κ1) is 13.1. The van der Waals surface area contributed by atoms with Crippen LogP contribution in [0, 0.1) is 0 Å². The Labute approximate surface area is 87.7 Å². The van der Waals surface area contributed by atoms with Gasteiger partial charge in [0, 0.05) is 13.6 Å². The number of likely N-dealkylation sites (N-methyl/N-ethyl adjacent to an activating group) is 1. The molecule has 0 aromatic heterocycles. The molecule has 0 fully saturated rings. The van der Waals surface area contributed by atoms with E-state index in [1.807, 2.05) is 0 Å². The van der Waals surface area contributed by atoms with Crippen LogP contribution in [0.1, 0.15) is 6.92 Å². The number of hydrogen-bond donors (Lipinski definition) is 0. The van der Waals surface area contributed by atoms with E-state index in [9.17, 15) is 9.59 Å². The highest BCUT2D eigenvalue weighted by molar-refractivity contribution is 6.61. The lowest BCUT2D eigenvalue weighted by Gasteiger charge is -2.10. The Morgan fingerprint density at radius 2 is 2.20 bits per heavy atom. The lowest BCUT2D eigenvalue weighted by Crippen LogP contribution is -2.39. The van der Waals surface area contributed by atoms with E-state index >= 15 is 0 Å². The van der Waals surface area contributed by atoms with Gasteiger partial charge in [-0.2, -0.15) is 4.79 Å². The predicted molar refractivity (Wildman–Crippen MR) is 53.1 cm³/mol. The molecule has 0 aromatic rings. The maximum absolute atomic E-state index is 11.5. The summed E-state index contributed by atoms with van der Waals surface area (Å²) in [6.45, 7) is 5.38. The summed E-state index contributed by atoms with van der Waals surface area (Å²) < 4.78 is 4.54. The molecule has 0 bridgehead atoms. The number of carbonyl (C=O) groups is 2. The average Bonchev–Trinajstić information content (AvgIpc) is 2.19. The van der Waals surface area contributed by atoms with Gasteiger partial charge in [0.25, 0.3) is 0 Å². The molecule has 0 N–H and O–H groups in total. The quantitative estimate of drug-likeness (QED) is 0.158. The molecule has 0 atom stereocenters. The fourth-order valence-corrected chi connectivity index (χ4v) is 0.828. The SMILES string of the molecule is C=CCN(C)C(=O)C(=[N+]=[N-])C(=O)OCC. The summed E-state index contributed by atoms with van der Waals surface area (Å²) in [6, 6.07) is 0. The smallest absolute Gasteiger partial charge is 0.457 e. The number of carbonyl (C=O) groups excluding carboxylic acids is 2. The van der Waals surface area contributed by atoms with E-state index in [0.717, 1.165) is 0 Å². The molecular formula is C9H13N3O3. The van der Waals surface area contributed by atoms with E-state index in [0.29, 0.717) is 0 Å². The Morgan fingerprint density at radius 1 is 1.60 bits per heavy atom. The molecule has 0 saturated carbocycles. The van der Waals surface area contributed by atoms with Crippen LogP contribution >= 0.6 is 0 Å². The maximum atomic E-state index is 11.5. The fraction of sp³-hybridized carbons (Fsp3) is 0.444. The largest absolute Gasteiger partial charge is 0.463 e. The first-order valence-electron chi connectivity index (χ1n) is 4.34. The number of hydrogen-bond acceptors (Lipinski definition) is 3. The standard InChI is InChI=1S/C9H13N3O3/c1-4-6-12(3)8(13)7(11-10)9(14)15-5-2/h4H,1,5-6H2,2-3H3. The second-order valence-corrected chi connectivity index (χ2v) is 2.64. The lowest BCUT2D eigenvalue weighted by molar-refractivity contribution is -0.143. The van der Waals surface area contributed by atoms with Crippen molar-refractivity contribution in [1.82, 2.24) is 4.90 Å². The maximum Gasteiger partial charge on any atom is 0.463 e. The van der Waals surface area contributed by atoms with Crippen LogP contribution in [-0.2, 0) is 14.3 Å². The third-order valence-corrected chi connectivity index (χ3v) is 1.52. The highest BCUT2D eigenvalue weighted by Crippen LogP contribution is 1.90. The summed E-state index contributed by atoms with van der Waals surface area (Å²) >= 11 is 0. The van der Waals surface area contributed by atoms with Crippen molar-refractivity contribution in [2.75, 3.05) is 20.2 Å². The van der Waals surface area contributed by atoms with Crippen LogP contribution in [0.25, 0.3) is 5.53 Å². The van der Waals surface area contributed by atoms with E-state index in [-0.39, 0.29) is 13.2 Å². The molecule has 15 heavy (non-hydrogen) atoms. The summed E-state index contributed by atoms with van der Waals surface area (Å²) in [4.78, 5) is 26.4. The van der Waals surface area contributed by atoms with Crippen LogP contribution in [-0.4, -0.2) is 47.5 Å². The Bertz CT molecular complexity index is 319. The second-order valence-electron chi connectivity index (χ2n) is 2.64. The van der Waals surface area contributed by atoms with Crippen LogP contribution < -0.4 is 0 Å². The normalized spacial score (nSPS) is 8.67. The molecule has 82 valence electrons. The molecule has 0 aliphatic heterocycles. The van der Waals surface area contributed by atoms with Crippen molar-refractivity contribution in [3.05, 3.63) is 18.2 Å².